The molecule has 0 aliphatic carbocycles. The van der Waals surface area contributed by atoms with Crippen LogP contribution in [0.5, 0.6) is 11.5 Å². The molecule has 8 nitrogen and oxygen atoms in total. The minimum Gasteiger partial charge on any atom is -0.454 e. The first-order valence-electron chi connectivity index (χ1n) is 9.76. The van der Waals surface area contributed by atoms with Crippen LogP contribution in [0.15, 0.2) is 42.5 Å². The van der Waals surface area contributed by atoms with E-state index in [-0.39, 0.29) is 24.3 Å². The molecular formula is C21H24N3O5+. The van der Waals surface area contributed by atoms with Crippen molar-refractivity contribution in [1.29, 1.82) is 0 Å². The van der Waals surface area contributed by atoms with Crippen LogP contribution in [0.4, 0.5) is 5.69 Å². The predicted molar refractivity (Wildman–Crippen MR) is 105 cm³/mol. The summed E-state index contributed by atoms with van der Waals surface area (Å²) in [5.41, 5.74) is 2.04. The zero-order chi connectivity index (χ0) is 20.4. The number of nitrogens with zero attached hydrogens (tertiary/aromatic N) is 2. The quantitative estimate of drug-likeness (QED) is 0.607. The number of carbonyl (C=O) groups excluding carboxylic acids is 1. The summed E-state index contributed by atoms with van der Waals surface area (Å²) in [6, 6.07) is 12.3. The summed E-state index contributed by atoms with van der Waals surface area (Å²) in [4.78, 5) is 26.6. The highest BCUT2D eigenvalue weighted by atomic mass is 16.7. The van der Waals surface area contributed by atoms with Crippen LogP contribution in [0.25, 0.3) is 0 Å². The number of quaternary nitrogens is 1. The monoisotopic (exact) mass is 398 g/mol. The third-order valence-corrected chi connectivity index (χ3v) is 5.65. The molecule has 4 rings (SSSR count). The number of hydrogen-bond donors (Lipinski definition) is 1. The van der Waals surface area contributed by atoms with Crippen molar-refractivity contribution in [2.75, 3.05) is 33.0 Å². The number of nitrogens with one attached hydrogen (secondary N) is 1. The van der Waals surface area contributed by atoms with Crippen LogP contribution in [0, 0.1) is 10.1 Å². The minimum atomic E-state index is -0.432. The average molecular weight is 398 g/mol. The summed E-state index contributed by atoms with van der Waals surface area (Å²) in [5.74, 6) is 1.35. The van der Waals surface area contributed by atoms with E-state index in [1.165, 1.54) is 22.6 Å². The molecular weight excluding hydrogens is 374 g/mol. The number of rotatable bonds is 5. The second kappa shape index (κ2) is 8.08. The van der Waals surface area contributed by atoms with Gasteiger partial charge in [0.1, 0.15) is 6.54 Å². The maximum atomic E-state index is 12.9. The number of fused-ring (bicyclic) bond motifs is 1. The molecule has 2 aromatic carbocycles. The number of piperazine rings is 1. The van der Waals surface area contributed by atoms with E-state index >= 15 is 0 Å². The van der Waals surface area contributed by atoms with E-state index in [1.54, 1.807) is 12.1 Å². The predicted octanol–water partition coefficient (Wildman–Crippen LogP) is 1.35. The molecule has 1 saturated heterocycles. The fourth-order valence-electron chi connectivity index (χ4n) is 3.86. The molecule has 0 radical (unpaired) electrons. The Kier molecular flexibility index (Phi) is 5.35. The Morgan fingerprint density at radius 2 is 1.83 bits per heavy atom. The summed E-state index contributed by atoms with van der Waals surface area (Å²) in [6.45, 7) is 6.19. The number of ether oxygens (including phenoxy) is 2. The Balaban J connectivity index is 1.31. The fraction of sp³-hybridized carbons (Fsp3) is 0.381. The summed E-state index contributed by atoms with van der Waals surface area (Å²) in [5, 5.41) is 10.8. The molecule has 8 heteroatoms. The maximum absolute atomic E-state index is 12.9. The first-order chi connectivity index (χ1) is 14.0. The molecule has 2 aliphatic rings. The van der Waals surface area contributed by atoms with Crippen molar-refractivity contribution >= 4 is 11.6 Å². The van der Waals surface area contributed by atoms with Crippen molar-refractivity contribution < 1.29 is 24.1 Å². The SMILES string of the molecule is C[C@H](C(=O)N1CC[NH+](Cc2ccc3c(c2)OCO3)CC1)c1ccc([N+](=O)[O-])cc1. The zero-order valence-corrected chi connectivity index (χ0v) is 16.3. The second-order valence-electron chi connectivity index (χ2n) is 7.51. The smallest absolute Gasteiger partial charge is 0.269 e. The number of benzene rings is 2. The Morgan fingerprint density at radius 1 is 1.14 bits per heavy atom. The van der Waals surface area contributed by atoms with Gasteiger partial charge in [0.15, 0.2) is 11.5 Å². The van der Waals surface area contributed by atoms with Crippen molar-refractivity contribution in [3.8, 4) is 11.5 Å². The molecule has 0 saturated carbocycles. The fourth-order valence-corrected chi connectivity index (χ4v) is 3.86. The Bertz CT molecular complexity index is 907. The molecule has 0 unspecified atom stereocenters. The highest BCUT2D eigenvalue weighted by molar-refractivity contribution is 5.83. The number of nitro groups is 1. The standard InChI is InChI=1S/C21H23N3O5/c1-15(17-3-5-18(6-4-17)24(26)27)21(25)23-10-8-22(9-11-23)13-16-2-7-19-20(12-16)29-14-28-19/h2-7,12,15H,8-11,13-14H2,1H3/p+1/t15-/m0/s1. The van der Waals surface area contributed by atoms with Crippen LogP contribution in [0.2, 0.25) is 0 Å². The number of nitro benzene ring substituents is 1. The molecule has 29 heavy (non-hydrogen) atoms. The van der Waals surface area contributed by atoms with E-state index in [1.807, 2.05) is 24.0 Å². The van der Waals surface area contributed by atoms with Gasteiger partial charge in [-0.25, -0.2) is 0 Å². The van der Waals surface area contributed by atoms with Gasteiger partial charge in [-0.2, -0.15) is 0 Å². The van der Waals surface area contributed by atoms with E-state index in [9.17, 15) is 14.9 Å². The highest BCUT2D eigenvalue weighted by Crippen LogP contribution is 2.32. The van der Waals surface area contributed by atoms with Gasteiger partial charge in [-0.3, -0.25) is 14.9 Å². The molecule has 152 valence electrons. The van der Waals surface area contributed by atoms with Crippen LogP contribution in [-0.2, 0) is 11.3 Å². The second-order valence-corrected chi connectivity index (χ2v) is 7.51. The Morgan fingerprint density at radius 3 is 2.52 bits per heavy atom. The molecule has 0 bridgehead atoms. The summed E-state index contributed by atoms with van der Waals surface area (Å²) >= 11 is 0. The van der Waals surface area contributed by atoms with Crippen molar-refractivity contribution in [1.82, 2.24) is 4.90 Å². The number of carbonyl (C=O) groups is 1. The molecule has 2 aromatic rings. The van der Waals surface area contributed by atoms with Crippen molar-refractivity contribution in [2.24, 2.45) is 0 Å². The lowest BCUT2D eigenvalue weighted by molar-refractivity contribution is -0.917. The third-order valence-electron chi connectivity index (χ3n) is 5.65. The van der Waals surface area contributed by atoms with E-state index in [0.717, 1.165) is 36.7 Å². The lowest BCUT2D eigenvalue weighted by atomic mass is 9.99. The van der Waals surface area contributed by atoms with Crippen LogP contribution in [0.1, 0.15) is 24.0 Å². The molecule has 1 amide bonds. The molecule has 2 heterocycles. The molecule has 1 fully saturated rings. The van der Waals surface area contributed by atoms with Crippen LogP contribution in [0.3, 0.4) is 0 Å². The van der Waals surface area contributed by atoms with Crippen LogP contribution >= 0.6 is 0 Å². The highest BCUT2D eigenvalue weighted by Gasteiger charge is 2.28. The van der Waals surface area contributed by atoms with Gasteiger partial charge in [0.2, 0.25) is 12.7 Å². The molecule has 1 atom stereocenters. The van der Waals surface area contributed by atoms with Gasteiger partial charge in [0.05, 0.1) is 37.0 Å². The lowest BCUT2D eigenvalue weighted by Gasteiger charge is -2.33. The summed E-state index contributed by atoms with van der Waals surface area (Å²) in [7, 11) is 0. The van der Waals surface area contributed by atoms with Crippen molar-refractivity contribution in [3.63, 3.8) is 0 Å². The normalized spacial score (nSPS) is 17.2. The third kappa shape index (κ3) is 4.17. The largest absolute Gasteiger partial charge is 0.454 e. The molecule has 0 aromatic heterocycles. The van der Waals surface area contributed by atoms with Crippen molar-refractivity contribution in [3.05, 3.63) is 63.7 Å². The average Bonchev–Trinajstić information content (AvgIpc) is 3.21. The van der Waals surface area contributed by atoms with Crippen LogP contribution < -0.4 is 14.4 Å². The molecule has 0 spiro atoms. The summed E-state index contributed by atoms with van der Waals surface area (Å²) < 4.78 is 10.8. The van der Waals surface area contributed by atoms with E-state index in [2.05, 4.69) is 6.07 Å². The first-order valence-corrected chi connectivity index (χ1v) is 9.76. The van der Waals surface area contributed by atoms with Gasteiger partial charge in [-0.15, -0.1) is 0 Å². The summed E-state index contributed by atoms with van der Waals surface area (Å²) in [6.07, 6.45) is 0. The first kappa shape index (κ1) is 19.2. The maximum Gasteiger partial charge on any atom is 0.269 e. The Labute approximate surface area is 168 Å². The molecule has 2 aliphatic heterocycles. The van der Waals surface area contributed by atoms with Gasteiger partial charge >= 0.3 is 0 Å². The van der Waals surface area contributed by atoms with Gasteiger partial charge in [0, 0.05) is 17.7 Å². The van der Waals surface area contributed by atoms with Gasteiger partial charge in [0.25, 0.3) is 5.69 Å². The van der Waals surface area contributed by atoms with Gasteiger partial charge in [-0.1, -0.05) is 12.1 Å². The van der Waals surface area contributed by atoms with Crippen LogP contribution in [-0.4, -0.2) is 48.7 Å². The number of amides is 1. The molecule has 1 N–H and O–H groups in total. The number of non-ortho nitro benzene ring substituents is 1. The topological polar surface area (TPSA) is 86.4 Å². The van der Waals surface area contributed by atoms with E-state index in [0.29, 0.717) is 13.1 Å². The van der Waals surface area contributed by atoms with E-state index < -0.39 is 4.92 Å². The minimum absolute atomic E-state index is 0.0362. The number of hydrogen-bond acceptors (Lipinski definition) is 5. The Hall–Kier alpha value is -3.13. The zero-order valence-electron chi connectivity index (χ0n) is 16.3. The lowest BCUT2D eigenvalue weighted by Crippen LogP contribution is -3.13. The van der Waals surface area contributed by atoms with Gasteiger partial charge in [-0.05, 0) is 30.7 Å². The van der Waals surface area contributed by atoms with E-state index in [4.69, 9.17) is 9.47 Å². The van der Waals surface area contributed by atoms with Gasteiger partial charge < -0.3 is 19.3 Å². The van der Waals surface area contributed by atoms with Crippen molar-refractivity contribution in [2.45, 2.75) is 19.4 Å².